The first-order chi connectivity index (χ1) is 14.9. The standard InChI is InChI=1S/C25H37NO4S/c1-17-11-13-20(14-12-17)24(28)26(15-7-8-18(2)27)21-16-22(19-9-5-4-6-10-19)31-23(21)25(29)30-3/h9,16-18,20,27H,4-8,10-15H2,1-3H3. The van der Waals surface area contributed by atoms with Crippen LogP contribution in [0.3, 0.4) is 0 Å². The lowest BCUT2D eigenvalue weighted by atomic mass is 9.82. The molecule has 0 saturated heterocycles. The van der Waals surface area contributed by atoms with Crippen LogP contribution >= 0.6 is 11.3 Å². The average molecular weight is 448 g/mol. The van der Waals surface area contributed by atoms with Crippen LogP contribution in [0.15, 0.2) is 12.1 Å². The molecule has 1 heterocycles. The van der Waals surface area contributed by atoms with Crippen LogP contribution in [0.25, 0.3) is 5.57 Å². The van der Waals surface area contributed by atoms with Crippen molar-refractivity contribution in [3.05, 3.63) is 21.9 Å². The van der Waals surface area contributed by atoms with Gasteiger partial charge in [0.2, 0.25) is 5.91 Å². The fourth-order valence-corrected chi connectivity index (χ4v) is 5.81. The van der Waals surface area contributed by atoms with Gasteiger partial charge in [0.1, 0.15) is 4.88 Å². The van der Waals surface area contributed by atoms with Crippen molar-refractivity contribution < 1.29 is 19.4 Å². The van der Waals surface area contributed by atoms with Crippen LogP contribution in [-0.4, -0.2) is 36.7 Å². The first-order valence-electron chi connectivity index (χ1n) is 11.8. The number of anilines is 1. The number of aliphatic hydroxyl groups excluding tert-OH is 1. The summed E-state index contributed by atoms with van der Waals surface area (Å²) < 4.78 is 5.08. The lowest BCUT2D eigenvalue weighted by molar-refractivity contribution is -0.123. The number of carbonyl (C=O) groups is 2. The molecule has 6 heteroatoms. The second-order valence-electron chi connectivity index (χ2n) is 9.23. The molecule has 31 heavy (non-hydrogen) atoms. The lowest BCUT2D eigenvalue weighted by Gasteiger charge is -2.31. The summed E-state index contributed by atoms with van der Waals surface area (Å²) in [4.78, 5) is 29.7. The molecule has 1 aromatic heterocycles. The van der Waals surface area contributed by atoms with Crippen LogP contribution in [0.4, 0.5) is 5.69 Å². The highest BCUT2D eigenvalue weighted by Gasteiger charge is 2.32. The maximum absolute atomic E-state index is 13.6. The van der Waals surface area contributed by atoms with Gasteiger partial charge in [-0.15, -0.1) is 11.3 Å². The molecule has 172 valence electrons. The molecule has 1 saturated carbocycles. The van der Waals surface area contributed by atoms with E-state index < -0.39 is 6.10 Å². The van der Waals surface area contributed by atoms with E-state index in [1.54, 1.807) is 6.92 Å². The number of nitrogens with zero attached hydrogens (tertiary/aromatic N) is 1. The van der Waals surface area contributed by atoms with Crippen molar-refractivity contribution >= 4 is 34.5 Å². The molecule has 1 amide bonds. The van der Waals surface area contributed by atoms with E-state index in [-0.39, 0.29) is 17.8 Å². The van der Waals surface area contributed by atoms with E-state index in [1.807, 2.05) is 11.0 Å². The summed E-state index contributed by atoms with van der Waals surface area (Å²) >= 11 is 1.45. The molecule has 0 bridgehead atoms. The Hall–Kier alpha value is -1.66. The van der Waals surface area contributed by atoms with Gasteiger partial charge >= 0.3 is 5.97 Å². The monoisotopic (exact) mass is 447 g/mol. The quantitative estimate of drug-likeness (QED) is 0.511. The SMILES string of the molecule is COC(=O)c1sc(C2=CCCCC2)cc1N(CCCC(C)O)C(=O)C1CCC(C)CC1. The number of hydrogen-bond donors (Lipinski definition) is 1. The number of thiophene rings is 1. The number of allylic oxidation sites excluding steroid dienone is 2. The number of amides is 1. The minimum Gasteiger partial charge on any atom is -0.465 e. The third-order valence-electron chi connectivity index (χ3n) is 6.62. The molecule has 3 rings (SSSR count). The van der Waals surface area contributed by atoms with Crippen molar-refractivity contribution in [1.29, 1.82) is 0 Å². The first kappa shape index (κ1) is 24.0. The van der Waals surface area contributed by atoms with Crippen LogP contribution in [-0.2, 0) is 9.53 Å². The number of ether oxygens (including phenoxy) is 1. The largest absolute Gasteiger partial charge is 0.465 e. The van der Waals surface area contributed by atoms with Crippen LogP contribution in [0.1, 0.15) is 92.6 Å². The van der Waals surface area contributed by atoms with Crippen molar-refractivity contribution in [3.63, 3.8) is 0 Å². The van der Waals surface area contributed by atoms with Gasteiger partial charge in [0.05, 0.1) is 18.9 Å². The first-order valence-corrected chi connectivity index (χ1v) is 12.6. The van der Waals surface area contributed by atoms with Gasteiger partial charge in [-0.05, 0) is 88.7 Å². The van der Waals surface area contributed by atoms with Crippen LogP contribution in [0.2, 0.25) is 0 Å². The number of carbonyl (C=O) groups excluding carboxylic acids is 2. The topological polar surface area (TPSA) is 66.8 Å². The average Bonchev–Trinajstić information content (AvgIpc) is 3.22. The van der Waals surface area contributed by atoms with Gasteiger partial charge in [0.15, 0.2) is 0 Å². The van der Waals surface area contributed by atoms with Gasteiger partial charge in [0, 0.05) is 17.3 Å². The van der Waals surface area contributed by atoms with Crippen molar-refractivity contribution in [2.24, 2.45) is 11.8 Å². The third-order valence-corrected chi connectivity index (χ3v) is 7.80. The molecule has 0 aliphatic heterocycles. The second kappa shape index (κ2) is 11.3. The summed E-state index contributed by atoms with van der Waals surface area (Å²) in [6.45, 7) is 4.53. The predicted octanol–water partition coefficient (Wildman–Crippen LogP) is 5.81. The van der Waals surface area contributed by atoms with E-state index in [2.05, 4.69) is 13.0 Å². The minimum atomic E-state index is -0.405. The summed E-state index contributed by atoms with van der Waals surface area (Å²) in [7, 11) is 1.40. The van der Waals surface area contributed by atoms with Crippen molar-refractivity contribution in [2.45, 2.75) is 84.2 Å². The molecule has 1 atom stereocenters. The fourth-order valence-electron chi connectivity index (χ4n) is 4.66. The van der Waals surface area contributed by atoms with Gasteiger partial charge in [-0.25, -0.2) is 4.79 Å². The summed E-state index contributed by atoms with van der Waals surface area (Å²) in [6, 6.07) is 2.03. The van der Waals surface area contributed by atoms with Crippen molar-refractivity contribution in [2.75, 3.05) is 18.6 Å². The highest BCUT2D eigenvalue weighted by molar-refractivity contribution is 7.15. The molecular formula is C25H37NO4S. The molecule has 0 spiro atoms. The summed E-state index contributed by atoms with van der Waals surface area (Å²) in [5.41, 5.74) is 1.96. The minimum absolute atomic E-state index is 0.00509. The molecule has 2 aliphatic carbocycles. The Kier molecular flexibility index (Phi) is 8.73. The maximum atomic E-state index is 13.6. The Bertz CT molecular complexity index is 789. The van der Waals surface area contributed by atoms with E-state index in [4.69, 9.17) is 4.74 Å². The smallest absolute Gasteiger partial charge is 0.350 e. The number of esters is 1. The number of hydrogen-bond acceptors (Lipinski definition) is 5. The molecular weight excluding hydrogens is 410 g/mol. The van der Waals surface area contributed by atoms with Gasteiger partial charge < -0.3 is 14.7 Å². The van der Waals surface area contributed by atoms with E-state index >= 15 is 0 Å². The van der Waals surface area contributed by atoms with Gasteiger partial charge in [-0.3, -0.25) is 4.79 Å². The maximum Gasteiger partial charge on any atom is 0.350 e. The lowest BCUT2D eigenvalue weighted by Crippen LogP contribution is -2.39. The van der Waals surface area contributed by atoms with E-state index in [0.717, 1.165) is 49.8 Å². The summed E-state index contributed by atoms with van der Waals surface area (Å²) in [5.74, 6) is 0.410. The molecule has 1 aromatic rings. The Morgan fingerprint density at radius 2 is 2.00 bits per heavy atom. The molecule has 1 N–H and O–H groups in total. The zero-order valence-corrected chi connectivity index (χ0v) is 20.0. The van der Waals surface area contributed by atoms with E-state index in [0.29, 0.717) is 35.9 Å². The summed E-state index contributed by atoms with van der Waals surface area (Å²) in [5, 5.41) is 9.72. The second-order valence-corrected chi connectivity index (χ2v) is 10.3. The number of rotatable bonds is 8. The Morgan fingerprint density at radius 3 is 2.61 bits per heavy atom. The Labute approximate surface area is 190 Å². The van der Waals surface area contributed by atoms with Crippen LogP contribution < -0.4 is 4.90 Å². The zero-order chi connectivity index (χ0) is 22.4. The summed E-state index contributed by atoms with van der Waals surface area (Å²) in [6.07, 6.45) is 11.6. The third kappa shape index (κ3) is 6.19. The van der Waals surface area contributed by atoms with Gasteiger partial charge in [-0.2, -0.15) is 0 Å². The number of aliphatic hydroxyl groups is 1. The molecule has 0 aromatic carbocycles. The highest BCUT2D eigenvalue weighted by atomic mass is 32.1. The Balaban J connectivity index is 1.93. The van der Waals surface area contributed by atoms with Crippen LogP contribution in [0.5, 0.6) is 0 Å². The highest BCUT2D eigenvalue weighted by Crippen LogP contribution is 2.40. The van der Waals surface area contributed by atoms with E-state index in [9.17, 15) is 14.7 Å². The zero-order valence-electron chi connectivity index (χ0n) is 19.2. The van der Waals surface area contributed by atoms with E-state index in [1.165, 1.54) is 30.4 Å². The molecule has 0 radical (unpaired) electrons. The molecule has 2 aliphatic rings. The Morgan fingerprint density at radius 1 is 1.26 bits per heavy atom. The molecule has 5 nitrogen and oxygen atoms in total. The number of methoxy groups -OCH3 is 1. The molecule has 1 fully saturated rings. The fraction of sp³-hybridized carbons (Fsp3) is 0.680. The normalized spacial score (nSPS) is 22.5. The van der Waals surface area contributed by atoms with Crippen molar-refractivity contribution in [3.8, 4) is 0 Å². The molecule has 1 unspecified atom stereocenters. The van der Waals surface area contributed by atoms with Crippen molar-refractivity contribution in [1.82, 2.24) is 0 Å². The van der Waals surface area contributed by atoms with Gasteiger partial charge in [-0.1, -0.05) is 13.0 Å². The predicted molar refractivity (Wildman–Crippen MR) is 126 cm³/mol. The van der Waals surface area contributed by atoms with Crippen LogP contribution in [0, 0.1) is 11.8 Å². The van der Waals surface area contributed by atoms with Gasteiger partial charge in [0.25, 0.3) is 0 Å².